The number of aryl methyl sites for hydroxylation is 4. The summed E-state index contributed by atoms with van der Waals surface area (Å²) in [5.41, 5.74) is 5.06. The number of carboxylic acid groups (broad SMARTS) is 1. The second kappa shape index (κ2) is 5.95. The highest BCUT2D eigenvalue weighted by atomic mass is 16.7. The standard InChI is InChI=1S/C20H23NO3/c1-13-5-14(2)8-17(7-13)20(19(22)23)11-21(24-12-20)18-9-15(3)6-16(4)10-18/h5-10H,11-12H2,1-4H3,(H,22,23). The van der Waals surface area contributed by atoms with Gasteiger partial charge in [-0.05, 0) is 56.5 Å². The molecule has 0 amide bonds. The molecule has 24 heavy (non-hydrogen) atoms. The van der Waals surface area contributed by atoms with Crippen LogP contribution in [0, 0.1) is 27.7 Å². The number of nitrogens with zero attached hydrogens (tertiary/aromatic N) is 1. The number of carboxylic acids is 1. The monoisotopic (exact) mass is 325 g/mol. The number of hydrogen-bond donors (Lipinski definition) is 1. The summed E-state index contributed by atoms with van der Waals surface area (Å²) in [6.45, 7) is 8.47. The third kappa shape index (κ3) is 2.89. The molecule has 126 valence electrons. The lowest BCUT2D eigenvalue weighted by molar-refractivity contribution is -0.143. The number of rotatable bonds is 3. The van der Waals surface area contributed by atoms with Crippen LogP contribution in [0.15, 0.2) is 36.4 Å². The van der Waals surface area contributed by atoms with Gasteiger partial charge in [0.15, 0.2) is 0 Å². The van der Waals surface area contributed by atoms with Crippen LogP contribution >= 0.6 is 0 Å². The van der Waals surface area contributed by atoms with Crippen molar-refractivity contribution in [3.05, 3.63) is 64.2 Å². The maximum Gasteiger partial charge on any atom is 0.318 e. The van der Waals surface area contributed by atoms with E-state index in [1.54, 1.807) is 5.06 Å². The topological polar surface area (TPSA) is 49.8 Å². The molecule has 1 heterocycles. The minimum atomic E-state index is -1.05. The summed E-state index contributed by atoms with van der Waals surface area (Å²) in [4.78, 5) is 18.0. The van der Waals surface area contributed by atoms with Crippen LogP contribution in [-0.2, 0) is 15.0 Å². The van der Waals surface area contributed by atoms with Gasteiger partial charge in [0.2, 0.25) is 0 Å². The van der Waals surface area contributed by atoms with E-state index in [4.69, 9.17) is 4.84 Å². The minimum absolute atomic E-state index is 0.137. The Hall–Kier alpha value is -2.33. The van der Waals surface area contributed by atoms with Gasteiger partial charge in [0.1, 0.15) is 5.41 Å². The maximum atomic E-state index is 12.2. The Morgan fingerprint density at radius 3 is 1.96 bits per heavy atom. The normalized spacial score (nSPS) is 20.4. The fraction of sp³-hybridized carbons (Fsp3) is 0.350. The molecule has 0 aromatic heterocycles. The van der Waals surface area contributed by atoms with Crippen molar-refractivity contribution in [3.8, 4) is 0 Å². The van der Waals surface area contributed by atoms with E-state index in [0.717, 1.165) is 33.5 Å². The molecule has 1 N–H and O–H groups in total. The van der Waals surface area contributed by atoms with E-state index in [0.29, 0.717) is 6.54 Å². The molecule has 1 unspecified atom stereocenters. The Morgan fingerprint density at radius 2 is 1.46 bits per heavy atom. The summed E-state index contributed by atoms with van der Waals surface area (Å²) < 4.78 is 0. The quantitative estimate of drug-likeness (QED) is 0.935. The fourth-order valence-corrected chi connectivity index (χ4v) is 3.46. The molecule has 0 spiro atoms. The number of carbonyl (C=O) groups is 1. The molecule has 2 aromatic rings. The van der Waals surface area contributed by atoms with E-state index >= 15 is 0 Å². The second-order valence-electron chi connectivity index (χ2n) is 6.92. The van der Waals surface area contributed by atoms with Crippen LogP contribution in [0.3, 0.4) is 0 Å². The number of aliphatic carboxylic acids is 1. The molecule has 1 atom stereocenters. The zero-order chi connectivity index (χ0) is 17.5. The highest BCUT2D eigenvalue weighted by Crippen LogP contribution is 2.36. The van der Waals surface area contributed by atoms with Gasteiger partial charge in [-0.25, -0.2) is 0 Å². The van der Waals surface area contributed by atoms with Gasteiger partial charge in [0.25, 0.3) is 0 Å². The van der Waals surface area contributed by atoms with Crippen LogP contribution in [0.4, 0.5) is 5.69 Å². The Morgan fingerprint density at radius 1 is 0.958 bits per heavy atom. The van der Waals surface area contributed by atoms with Crippen LogP contribution in [-0.4, -0.2) is 24.2 Å². The Bertz CT molecular complexity index is 759. The average Bonchev–Trinajstić information content (AvgIpc) is 2.91. The van der Waals surface area contributed by atoms with Gasteiger partial charge in [-0.3, -0.25) is 14.7 Å². The van der Waals surface area contributed by atoms with Gasteiger partial charge in [-0.15, -0.1) is 0 Å². The van der Waals surface area contributed by atoms with Crippen LogP contribution in [0.25, 0.3) is 0 Å². The second-order valence-corrected chi connectivity index (χ2v) is 6.92. The van der Waals surface area contributed by atoms with Crippen LogP contribution in [0.1, 0.15) is 27.8 Å². The molecule has 0 radical (unpaired) electrons. The van der Waals surface area contributed by atoms with E-state index in [1.807, 2.05) is 52.0 Å². The van der Waals surface area contributed by atoms with E-state index < -0.39 is 11.4 Å². The Kier molecular flexibility index (Phi) is 4.10. The summed E-state index contributed by atoms with van der Waals surface area (Å²) in [6, 6.07) is 12.1. The van der Waals surface area contributed by atoms with Crippen molar-refractivity contribution < 1.29 is 14.7 Å². The number of hydrogen-bond acceptors (Lipinski definition) is 3. The molecule has 1 aliphatic heterocycles. The zero-order valence-electron chi connectivity index (χ0n) is 14.6. The lowest BCUT2D eigenvalue weighted by Gasteiger charge is -2.24. The van der Waals surface area contributed by atoms with Gasteiger partial charge >= 0.3 is 5.97 Å². The van der Waals surface area contributed by atoms with E-state index in [1.165, 1.54) is 0 Å². The predicted octanol–water partition coefficient (Wildman–Crippen LogP) is 3.69. The van der Waals surface area contributed by atoms with Crippen LogP contribution in [0.2, 0.25) is 0 Å². The smallest absolute Gasteiger partial charge is 0.318 e. The summed E-state index contributed by atoms with van der Waals surface area (Å²) in [5, 5.41) is 11.7. The van der Waals surface area contributed by atoms with Crippen molar-refractivity contribution in [1.29, 1.82) is 0 Å². The molecule has 4 heteroatoms. The predicted molar refractivity (Wildman–Crippen MR) is 94.4 cm³/mol. The van der Waals surface area contributed by atoms with Crippen molar-refractivity contribution in [2.45, 2.75) is 33.1 Å². The average molecular weight is 325 g/mol. The number of anilines is 1. The van der Waals surface area contributed by atoms with Crippen LogP contribution in [0.5, 0.6) is 0 Å². The Labute approximate surface area is 142 Å². The van der Waals surface area contributed by atoms with Crippen molar-refractivity contribution in [3.63, 3.8) is 0 Å². The first-order valence-electron chi connectivity index (χ1n) is 8.11. The number of benzene rings is 2. The minimum Gasteiger partial charge on any atom is -0.480 e. The van der Waals surface area contributed by atoms with Crippen molar-refractivity contribution in [2.24, 2.45) is 0 Å². The summed E-state index contributed by atoms with van der Waals surface area (Å²) in [7, 11) is 0. The van der Waals surface area contributed by atoms with E-state index in [9.17, 15) is 9.90 Å². The molecular weight excluding hydrogens is 302 g/mol. The van der Waals surface area contributed by atoms with Gasteiger partial charge in [0.05, 0.1) is 18.8 Å². The lowest BCUT2D eigenvalue weighted by atomic mass is 9.80. The molecule has 0 bridgehead atoms. The molecule has 1 fully saturated rings. The van der Waals surface area contributed by atoms with Crippen molar-refractivity contribution in [1.82, 2.24) is 0 Å². The van der Waals surface area contributed by atoms with Gasteiger partial charge in [-0.2, -0.15) is 0 Å². The van der Waals surface area contributed by atoms with Gasteiger partial charge in [-0.1, -0.05) is 35.4 Å². The van der Waals surface area contributed by atoms with Gasteiger partial charge in [0, 0.05) is 0 Å². The summed E-state index contributed by atoms with van der Waals surface area (Å²) in [5.74, 6) is -0.848. The molecule has 0 aliphatic carbocycles. The fourth-order valence-electron chi connectivity index (χ4n) is 3.46. The van der Waals surface area contributed by atoms with Crippen molar-refractivity contribution in [2.75, 3.05) is 18.2 Å². The SMILES string of the molecule is Cc1cc(C)cc(N2CC(C(=O)O)(c3cc(C)cc(C)c3)CO2)c1. The molecule has 1 aliphatic rings. The largest absolute Gasteiger partial charge is 0.480 e. The zero-order valence-corrected chi connectivity index (χ0v) is 14.6. The molecule has 0 saturated carbocycles. The highest BCUT2D eigenvalue weighted by molar-refractivity contribution is 5.83. The molecule has 1 saturated heterocycles. The first kappa shape index (κ1) is 16.5. The highest BCUT2D eigenvalue weighted by Gasteiger charge is 2.48. The maximum absolute atomic E-state index is 12.2. The van der Waals surface area contributed by atoms with E-state index in [-0.39, 0.29) is 6.61 Å². The first-order valence-corrected chi connectivity index (χ1v) is 8.11. The third-order valence-corrected chi connectivity index (χ3v) is 4.56. The summed E-state index contributed by atoms with van der Waals surface area (Å²) >= 11 is 0. The van der Waals surface area contributed by atoms with Crippen LogP contribution < -0.4 is 5.06 Å². The Balaban J connectivity index is 2.00. The number of hydroxylamine groups is 1. The first-order chi connectivity index (χ1) is 11.3. The molecule has 4 nitrogen and oxygen atoms in total. The summed E-state index contributed by atoms with van der Waals surface area (Å²) in [6.07, 6.45) is 0. The molecule has 2 aromatic carbocycles. The van der Waals surface area contributed by atoms with E-state index in [2.05, 4.69) is 12.1 Å². The molecular formula is C20H23NO3. The third-order valence-electron chi connectivity index (χ3n) is 4.56. The molecule has 3 rings (SSSR count). The lowest BCUT2D eigenvalue weighted by Crippen LogP contribution is -2.41. The van der Waals surface area contributed by atoms with Crippen molar-refractivity contribution >= 4 is 11.7 Å². The van der Waals surface area contributed by atoms with Gasteiger partial charge < -0.3 is 5.11 Å².